The van der Waals surface area contributed by atoms with Crippen molar-refractivity contribution in [1.29, 1.82) is 0 Å². The van der Waals surface area contributed by atoms with E-state index in [1.807, 2.05) is 0 Å². The van der Waals surface area contributed by atoms with Gasteiger partial charge in [0, 0.05) is 14.1 Å². The highest BCUT2D eigenvalue weighted by Crippen LogP contribution is 2.32. The Labute approximate surface area is 170 Å². The van der Waals surface area contributed by atoms with Gasteiger partial charge in [-0.05, 0) is 48.5 Å². The number of anilines is 1. The molecule has 30 heavy (non-hydrogen) atoms. The summed E-state index contributed by atoms with van der Waals surface area (Å²) < 4.78 is 47.6. The maximum Gasteiger partial charge on any atom is 0.328 e. The van der Waals surface area contributed by atoms with Crippen molar-refractivity contribution in [3.8, 4) is 0 Å². The van der Waals surface area contributed by atoms with Crippen molar-refractivity contribution in [3.63, 3.8) is 0 Å². The van der Waals surface area contributed by atoms with Gasteiger partial charge in [0.25, 0.3) is 5.91 Å². The molecule has 0 radical (unpaired) electrons. The lowest BCUT2D eigenvalue weighted by Gasteiger charge is -2.13. The summed E-state index contributed by atoms with van der Waals surface area (Å²) in [6.07, 6.45) is 1.31. The summed E-state index contributed by atoms with van der Waals surface area (Å²) in [7, 11) is -1.10. The van der Waals surface area contributed by atoms with Gasteiger partial charge in [0.1, 0.15) is 5.82 Å². The van der Waals surface area contributed by atoms with Crippen LogP contribution in [0.3, 0.4) is 0 Å². The summed E-state index contributed by atoms with van der Waals surface area (Å²) in [5.74, 6) is -1.25. The maximum absolute atomic E-state index is 13.3. The number of halogens is 1. The van der Waals surface area contributed by atoms with Gasteiger partial charge in [-0.15, -0.1) is 0 Å². The third kappa shape index (κ3) is 3.11. The number of furan rings is 1. The molecule has 2 aromatic carbocycles. The summed E-state index contributed by atoms with van der Waals surface area (Å²) >= 11 is 0. The van der Waals surface area contributed by atoms with Gasteiger partial charge in [-0.3, -0.25) is 13.9 Å². The number of benzene rings is 2. The molecule has 0 unspecified atom stereocenters. The molecule has 0 fully saturated rings. The largest absolute Gasteiger partial charge is 0.459 e. The molecular formula is C20H16FN3O5S. The topological polar surface area (TPSA) is 103 Å². The van der Waals surface area contributed by atoms with Crippen LogP contribution in [0, 0.1) is 5.82 Å². The molecule has 10 heteroatoms. The van der Waals surface area contributed by atoms with Crippen LogP contribution in [0.4, 0.5) is 10.1 Å². The molecule has 0 saturated heterocycles. The third-order valence-corrected chi connectivity index (χ3v) is 6.59. The van der Waals surface area contributed by atoms with Gasteiger partial charge in [0.15, 0.2) is 5.76 Å². The first-order chi connectivity index (χ1) is 14.2. The first-order valence-electron chi connectivity index (χ1n) is 8.75. The van der Waals surface area contributed by atoms with E-state index in [-0.39, 0.29) is 26.9 Å². The number of hydrogen-bond acceptors (Lipinski definition) is 5. The van der Waals surface area contributed by atoms with Gasteiger partial charge in [-0.2, -0.15) is 0 Å². The number of imidazole rings is 1. The number of rotatable bonds is 4. The van der Waals surface area contributed by atoms with E-state index in [0.717, 1.165) is 24.3 Å². The zero-order valence-electron chi connectivity index (χ0n) is 15.9. The Morgan fingerprint density at radius 2 is 1.67 bits per heavy atom. The molecule has 0 aliphatic carbocycles. The predicted octanol–water partition coefficient (Wildman–Crippen LogP) is 2.69. The van der Waals surface area contributed by atoms with Crippen LogP contribution in [0.15, 0.2) is 73.8 Å². The lowest BCUT2D eigenvalue weighted by atomic mass is 10.2. The summed E-state index contributed by atoms with van der Waals surface area (Å²) in [6.45, 7) is 0. The number of nitrogens with zero attached hydrogens (tertiary/aromatic N) is 2. The summed E-state index contributed by atoms with van der Waals surface area (Å²) in [5.41, 5.74) is 0.397. The Kier molecular flexibility index (Phi) is 4.58. The van der Waals surface area contributed by atoms with Crippen molar-refractivity contribution in [2.45, 2.75) is 9.79 Å². The monoisotopic (exact) mass is 429 g/mol. The molecule has 0 spiro atoms. The van der Waals surface area contributed by atoms with Gasteiger partial charge >= 0.3 is 5.69 Å². The van der Waals surface area contributed by atoms with E-state index < -0.39 is 21.6 Å². The van der Waals surface area contributed by atoms with Crippen LogP contribution in [0.5, 0.6) is 0 Å². The van der Waals surface area contributed by atoms with Crippen LogP contribution in [0.2, 0.25) is 0 Å². The number of aryl methyl sites for hydroxylation is 2. The minimum atomic E-state index is -4.15. The smallest absolute Gasteiger partial charge is 0.328 e. The van der Waals surface area contributed by atoms with E-state index in [2.05, 4.69) is 5.32 Å². The van der Waals surface area contributed by atoms with Crippen molar-refractivity contribution >= 4 is 32.5 Å². The fourth-order valence-corrected chi connectivity index (χ4v) is 4.59. The van der Waals surface area contributed by atoms with Crippen molar-refractivity contribution in [1.82, 2.24) is 9.13 Å². The highest BCUT2D eigenvalue weighted by atomic mass is 32.2. The number of carbonyl (C=O) groups is 1. The Hall–Kier alpha value is -3.66. The van der Waals surface area contributed by atoms with Crippen LogP contribution >= 0.6 is 0 Å². The molecule has 154 valence electrons. The Morgan fingerprint density at radius 3 is 2.27 bits per heavy atom. The lowest BCUT2D eigenvalue weighted by Crippen LogP contribution is -2.19. The van der Waals surface area contributed by atoms with E-state index >= 15 is 0 Å². The van der Waals surface area contributed by atoms with E-state index in [1.165, 1.54) is 53.8 Å². The molecule has 2 aromatic heterocycles. The number of amides is 1. The minimum absolute atomic E-state index is 0.0119. The second-order valence-corrected chi connectivity index (χ2v) is 8.54. The predicted molar refractivity (Wildman–Crippen MR) is 107 cm³/mol. The molecule has 0 atom stereocenters. The zero-order valence-corrected chi connectivity index (χ0v) is 16.7. The van der Waals surface area contributed by atoms with Gasteiger partial charge in [0.2, 0.25) is 9.84 Å². The van der Waals surface area contributed by atoms with Crippen LogP contribution in [-0.2, 0) is 23.9 Å². The lowest BCUT2D eigenvalue weighted by molar-refractivity contribution is 0.0996. The van der Waals surface area contributed by atoms with Gasteiger partial charge in [-0.1, -0.05) is 0 Å². The molecule has 8 nitrogen and oxygen atoms in total. The molecule has 0 aliphatic rings. The standard InChI is InChI=1S/C20H16FN3O5S/c1-23-15-10-14(22-19(25)17-4-3-9-29-17)18(11-16(15)24(2)20(23)26)30(27,28)13-7-5-12(21)6-8-13/h3-11H,1-2H3,(H,22,25). The highest BCUT2D eigenvalue weighted by Gasteiger charge is 2.26. The Bertz CT molecular complexity index is 1430. The molecule has 0 bridgehead atoms. The summed E-state index contributed by atoms with van der Waals surface area (Å²) in [4.78, 5) is 24.4. The number of carbonyl (C=O) groups excluding carboxylic acids is 1. The molecule has 4 aromatic rings. The van der Waals surface area contributed by atoms with Crippen molar-refractivity contribution in [3.05, 3.63) is 76.9 Å². The zero-order chi connectivity index (χ0) is 21.6. The number of fused-ring (bicyclic) bond motifs is 1. The number of nitrogens with one attached hydrogen (secondary N) is 1. The van der Waals surface area contributed by atoms with Crippen LogP contribution in [0.25, 0.3) is 11.0 Å². The number of hydrogen-bond donors (Lipinski definition) is 1. The minimum Gasteiger partial charge on any atom is -0.459 e. The van der Waals surface area contributed by atoms with Gasteiger partial charge in [0.05, 0.1) is 32.8 Å². The van der Waals surface area contributed by atoms with Crippen molar-refractivity contribution < 1.29 is 22.0 Å². The number of aromatic nitrogens is 2. The second kappa shape index (κ2) is 6.99. The van der Waals surface area contributed by atoms with E-state index in [9.17, 15) is 22.4 Å². The molecule has 1 amide bonds. The molecule has 1 N–H and O–H groups in total. The van der Waals surface area contributed by atoms with Crippen molar-refractivity contribution in [2.75, 3.05) is 5.32 Å². The van der Waals surface area contributed by atoms with Crippen LogP contribution < -0.4 is 11.0 Å². The fraction of sp³-hybridized carbons (Fsp3) is 0.100. The quantitative estimate of drug-likeness (QED) is 0.503. The molecule has 2 heterocycles. The fourth-order valence-electron chi connectivity index (χ4n) is 3.18. The second-order valence-electron chi connectivity index (χ2n) is 6.63. The molecular weight excluding hydrogens is 413 g/mol. The van der Waals surface area contributed by atoms with E-state index in [0.29, 0.717) is 11.0 Å². The van der Waals surface area contributed by atoms with Crippen molar-refractivity contribution in [2.24, 2.45) is 14.1 Å². The molecule has 0 aliphatic heterocycles. The number of sulfone groups is 1. The molecule has 0 saturated carbocycles. The summed E-state index contributed by atoms with van der Waals surface area (Å²) in [6, 6.07) is 10.0. The van der Waals surface area contributed by atoms with E-state index in [4.69, 9.17) is 4.42 Å². The Balaban J connectivity index is 1.96. The SMILES string of the molecule is Cn1c(=O)n(C)c2cc(S(=O)(=O)c3ccc(F)cc3)c(NC(=O)c3ccco3)cc21. The van der Waals surface area contributed by atoms with Gasteiger partial charge < -0.3 is 9.73 Å². The summed E-state index contributed by atoms with van der Waals surface area (Å²) in [5, 5.41) is 2.54. The van der Waals surface area contributed by atoms with E-state index in [1.54, 1.807) is 0 Å². The first-order valence-corrected chi connectivity index (χ1v) is 10.2. The van der Waals surface area contributed by atoms with Crippen LogP contribution in [-0.4, -0.2) is 23.5 Å². The van der Waals surface area contributed by atoms with Crippen LogP contribution in [0.1, 0.15) is 10.6 Å². The molecule has 4 rings (SSSR count). The average Bonchev–Trinajstić information content (AvgIpc) is 3.33. The average molecular weight is 429 g/mol. The normalized spacial score (nSPS) is 11.7. The van der Waals surface area contributed by atoms with Gasteiger partial charge in [-0.25, -0.2) is 17.6 Å². The highest BCUT2D eigenvalue weighted by molar-refractivity contribution is 7.91. The Morgan fingerprint density at radius 1 is 1.03 bits per heavy atom. The third-order valence-electron chi connectivity index (χ3n) is 4.78. The first kappa shape index (κ1) is 19.6. The maximum atomic E-state index is 13.3.